The fourth-order valence-corrected chi connectivity index (χ4v) is 2.32. The fraction of sp³-hybridized carbons (Fsp3) is 0.231. The highest BCUT2D eigenvalue weighted by molar-refractivity contribution is 7.08. The van der Waals surface area contributed by atoms with Crippen LogP contribution >= 0.6 is 11.3 Å². The number of halogens is 1. The zero-order valence-electron chi connectivity index (χ0n) is 10.3. The third kappa shape index (κ3) is 3.36. The molecule has 0 radical (unpaired) electrons. The lowest BCUT2D eigenvalue weighted by atomic mass is 9.99. The fourth-order valence-electron chi connectivity index (χ4n) is 1.54. The second-order valence-corrected chi connectivity index (χ2v) is 5.12. The van der Waals surface area contributed by atoms with Crippen molar-refractivity contribution in [3.05, 3.63) is 52.2 Å². The molecule has 0 aliphatic heterocycles. The van der Waals surface area contributed by atoms with Crippen LogP contribution in [0.5, 0.6) is 0 Å². The Kier molecular flexibility index (Phi) is 3.92. The van der Waals surface area contributed by atoms with Gasteiger partial charge in [0.05, 0.1) is 12.1 Å². The van der Waals surface area contributed by atoms with Crippen molar-refractivity contribution in [2.75, 3.05) is 6.54 Å². The predicted molar refractivity (Wildman–Crippen MR) is 70.4 cm³/mol. The molecule has 1 atom stereocenters. The van der Waals surface area contributed by atoms with Gasteiger partial charge in [-0.15, -0.1) is 0 Å². The van der Waals surface area contributed by atoms with Gasteiger partial charge in [-0.05, 0) is 41.4 Å². The first-order chi connectivity index (χ1) is 8.99. The smallest absolute Gasteiger partial charge is 0.252 e. The Morgan fingerprint density at radius 1 is 1.53 bits per heavy atom. The van der Waals surface area contributed by atoms with Crippen LogP contribution < -0.4 is 5.32 Å². The van der Waals surface area contributed by atoms with Gasteiger partial charge in [0.1, 0.15) is 5.60 Å². The maximum Gasteiger partial charge on any atom is 0.252 e. The number of pyridine rings is 1. The molecule has 0 bridgehead atoms. The molecule has 6 heteroatoms. The molecule has 2 aromatic rings. The van der Waals surface area contributed by atoms with Crippen molar-refractivity contribution in [2.45, 2.75) is 12.5 Å². The van der Waals surface area contributed by atoms with Crippen molar-refractivity contribution in [1.82, 2.24) is 10.3 Å². The van der Waals surface area contributed by atoms with Gasteiger partial charge < -0.3 is 10.4 Å². The number of aliphatic hydroxyl groups is 1. The predicted octanol–water partition coefficient (Wildman–Crippen LogP) is 1.92. The van der Waals surface area contributed by atoms with E-state index < -0.39 is 17.5 Å². The minimum Gasteiger partial charge on any atom is -0.384 e. The molecule has 2 heterocycles. The monoisotopic (exact) mass is 280 g/mol. The number of carbonyl (C=O) groups excluding carboxylic acids is 1. The highest BCUT2D eigenvalue weighted by Crippen LogP contribution is 2.22. The molecular formula is C13H13FN2O2S. The van der Waals surface area contributed by atoms with Crippen molar-refractivity contribution in [3.8, 4) is 0 Å². The summed E-state index contributed by atoms with van der Waals surface area (Å²) in [6.07, 6.45) is 1.16. The van der Waals surface area contributed by atoms with Crippen molar-refractivity contribution in [2.24, 2.45) is 0 Å². The lowest BCUT2D eigenvalue weighted by molar-refractivity contribution is 0.0530. The highest BCUT2D eigenvalue weighted by atomic mass is 32.1. The van der Waals surface area contributed by atoms with E-state index in [1.165, 1.54) is 17.4 Å². The molecular weight excluding hydrogens is 267 g/mol. The molecule has 2 N–H and O–H groups in total. The summed E-state index contributed by atoms with van der Waals surface area (Å²) in [5, 5.41) is 16.5. The Morgan fingerprint density at radius 2 is 2.32 bits per heavy atom. The Morgan fingerprint density at radius 3 is 2.89 bits per heavy atom. The van der Waals surface area contributed by atoms with E-state index in [2.05, 4.69) is 10.3 Å². The molecule has 0 aliphatic rings. The van der Waals surface area contributed by atoms with Crippen LogP contribution in [0.15, 0.2) is 35.2 Å². The van der Waals surface area contributed by atoms with Gasteiger partial charge in [-0.1, -0.05) is 0 Å². The summed E-state index contributed by atoms with van der Waals surface area (Å²) in [4.78, 5) is 15.2. The normalized spacial score (nSPS) is 13.8. The number of rotatable bonds is 4. The number of thiophene rings is 1. The second kappa shape index (κ2) is 5.46. The summed E-state index contributed by atoms with van der Waals surface area (Å²) in [7, 11) is 0. The van der Waals surface area contributed by atoms with Gasteiger partial charge in [0, 0.05) is 6.20 Å². The lowest BCUT2D eigenvalue weighted by Crippen LogP contribution is -2.38. The van der Waals surface area contributed by atoms with E-state index in [0.29, 0.717) is 0 Å². The van der Waals surface area contributed by atoms with Crippen LogP contribution in [0.3, 0.4) is 0 Å². The molecule has 1 amide bonds. The minimum absolute atomic E-state index is 0.0694. The molecule has 2 aromatic heterocycles. The van der Waals surface area contributed by atoms with Crippen LogP contribution in [0.25, 0.3) is 0 Å². The number of nitrogens with one attached hydrogen (secondary N) is 1. The first-order valence-electron chi connectivity index (χ1n) is 5.64. The number of hydrogen-bond donors (Lipinski definition) is 2. The SMILES string of the molecule is CC(O)(CNC(=O)c1ccc(F)nc1)c1ccsc1. The van der Waals surface area contributed by atoms with Crippen LogP contribution in [0.1, 0.15) is 22.8 Å². The van der Waals surface area contributed by atoms with Gasteiger partial charge in [-0.3, -0.25) is 4.79 Å². The Balaban J connectivity index is 1.99. The van der Waals surface area contributed by atoms with Crippen LogP contribution in [-0.4, -0.2) is 22.5 Å². The van der Waals surface area contributed by atoms with Gasteiger partial charge >= 0.3 is 0 Å². The lowest BCUT2D eigenvalue weighted by Gasteiger charge is -2.22. The molecule has 0 saturated heterocycles. The van der Waals surface area contributed by atoms with E-state index in [1.807, 2.05) is 10.8 Å². The minimum atomic E-state index is -1.14. The summed E-state index contributed by atoms with van der Waals surface area (Å²) >= 11 is 1.47. The standard InChI is InChI=1S/C13H13FN2O2S/c1-13(18,10-4-5-19-7-10)8-16-12(17)9-2-3-11(14)15-6-9/h2-7,18H,8H2,1H3,(H,16,17). The number of amides is 1. The maximum absolute atomic E-state index is 12.6. The van der Waals surface area contributed by atoms with Gasteiger partial charge in [0.25, 0.3) is 5.91 Å². The summed E-state index contributed by atoms with van der Waals surface area (Å²) in [6.45, 7) is 1.69. The molecule has 0 fully saturated rings. The number of hydrogen-bond acceptors (Lipinski definition) is 4. The molecule has 0 aromatic carbocycles. The molecule has 1 unspecified atom stereocenters. The van der Waals surface area contributed by atoms with Crippen molar-refractivity contribution in [1.29, 1.82) is 0 Å². The van der Waals surface area contributed by atoms with E-state index in [1.54, 1.807) is 13.0 Å². The molecule has 100 valence electrons. The number of nitrogens with zero attached hydrogens (tertiary/aromatic N) is 1. The average molecular weight is 280 g/mol. The Hall–Kier alpha value is -1.79. The van der Waals surface area contributed by atoms with Gasteiger partial charge in [-0.25, -0.2) is 4.98 Å². The topological polar surface area (TPSA) is 62.2 Å². The zero-order valence-corrected chi connectivity index (χ0v) is 11.1. The van der Waals surface area contributed by atoms with Gasteiger partial charge in [-0.2, -0.15) is 15.7 Å². The molecule has 4 nitrogen and oxygen atoms in total. The van der Waals surface area contributed by atoms with E-state index >= 15 is 0 Å². The van der Waals surface area contributed by atoms with E-state index in [0.717, 1.165) is 17.8 Å². The maximum atomic E-state index is 12.6. The van der Waals surface area contributed by atoms with Crippen LogP contribution in [0, 0.1) is 5.95 Å². The summed E-state index contributed by atoms with van der Waals surface area (Å²) in [5.74, 6) is -1.04. The first-order valence-corrected chi connectivity index (χ1v) is 6.58. The zero-order chi connectivity index (χ0) is 13.9. The number of carbonyl (C=O) groups is 1. The molecule has 0 spiro atoms. The highest BCUT2D eigenvalue weighted by Gasteiger charge is 2.24. The van der Waals surface area contributed by atoms with E-state index in [-0.39, 0.29) is 12.1 Å². The van der Waals surface area contributed by atoms with Crippen molar-refractivity contribution >= 4 is 17.2 Å². The number of aromatic nitrogens is 1. The summed E-state index contributed by atoms with van der Waals surface area (Å²) in [6, 6.07) is 4.26. The molecule has 19 heavy (non-hydrogen) atoms. The van der Waals surface area contributed by atoms with Crippen LogP contribution in [0.4, 0.5) is 4.39 Å². The van der Waals surface area contributed by atoms with Crippen molar-refractivity contribution in [3.63, 3.8) is 0 Å². The van der Waals surface area contributed by atoms with Crippen molar-refractivity contribution < 1.29 is 14.3 Å². The van der Waals surface area contributed by atoms with Gasteiger partial charge in [0.15, 0.2) is 0 Å². The Bertz CT molecular complexity index is 553. The second-order valence-electron chi connectivity index (χ2n) is 4.34. The van der Waals surface area contributed by atoms with Crippen LogP contribution in [-0.2, 0) is 5.60 Å². The quantitative estimate of drug-likeness (QED) is 0.841. The molecule has 0 aliphatic carbocycles. The summed E-state index contributed by atoms with van der Waals surface area (Å²) < 4.78 is 12.6. The van der Waals surface area contributed by atoms with Gasteiger partial charge in [0.2, 0.25) is 5.95 Å². The third-order valence-corrected chi connectivity index (χ3v) is 3.41. The Labute approximate surface area is 113 Å². The average Bonchev–Trinajstić information content (AvgIpc) is 2.91. The molecule has 2 rings (SSSR count). The molecule has 0 saturated carbocycles. The summed E-state index contributed by atoms with van der Waals surface area (Å²) in [5.41, 5.74) is -0.138. The largest absolute Gasteiger partial charge is 0.384 e. The van der Waals surface area contributed by atoms with E-state index in [9.17, 15) is 14.3 Å². The third-order valence-electron chi connectivity index (χ3n) is 2.73. The first kappa shape index (κ1) is 13.6. The van der Waals surface area contributed by atoms with Crippen LogP contribution in [0.2, 0.25) is 0 Å². The van der Waals surface area contributed by atoms with E-state index in [4.69, 9.17) is 0 Å².